The molecule has 3 nitrogen and oxygen atoms in total. The maximum absolute atomic E-state index is 12.3. The molecule has 1 aliphatic carbocycles. The second-order valence-electron chi connectivity index (χ2n) is 5.41. The van der Waals surface area contributed by atoms with E-state index in [-0.39, 0.29) is 5.91 Å². The van der Waals surface area contributed by atoms with Crippen LogP contribution in [-0.4, -0.2) is 24.4 Å². The first-order chi connectivity index (χ1) is 8.58. The summed E-state index contributed by atoms with van der Waals surface area (Å²) in [5.74, 6) is 0.791. The highest BCUT2D eigenvalue weighted by Gasteiger charge is 2.20. The third-order valence-electron chi connectivity index (χ3n) is 3.87. The van der Waals surface area contributed by atoms with Gasteiger partial charge >= 0.3 is 0 Å². The molecule has 0 saturated heterocycles. The fourth-order valence-corrected chi connectivity index (χ4v) is 2.69. The molecule has 0 radical (unpaired) electrons. The molecule has 1 saturated carbocycles. The highest BCUT2D eigenvalue weighted by atomic mass is 16.2. The van der Waals surface area contributed by atoms with Gasteiger partial charge in [0.15, 0.2) is 0 Å². The second kappa shape index (κ2) is 5.42. The van der Waals surface area contributed by atoms with Crippen molar-refractivity contribution in [2.75, 3.05) is 19.3 Å². The molecule has 2 N–H and O–H groups in total. The van der Waals surface area contributed by atoms with Gasteiger partial charge in [-0.3, -0.25) is 4.79 Å². The Morgan fingerprint density at radius 1 is 1.39 bits per heavy atom. The first kappa shape index (κ1) is 12.9. The molecule has 0 heterocycles. The fraction of sp³-hybridized carbons (Fsp3) is 0.533. The van der Waals surface area contributed by atoms with E-state index in [4.69, 9.17) is 5.73 Å². The van der Waals surface area contributed by atoms with Gasteiger partial charge in [0.2, 0.25) is 0 Å². The number of rotatable bonds is 3. The van der Waals surface area contributed by atoms with Gasteiger partial charge in [-0.2, -0.15) is 0 Å². The molecule has 0 bridgehead atoms. The topological polar surface area (TPSA) is 46.3 Å². The predicted molar refractivity (Wildman–Crippen MR) is 74.5 cm³/mol. The van der Waals surface area contributed by atoms with Gasteiger partial charge in [-0.05, 0) is 49.4 Å². The molecule has 0 aliphatic heterocycles. The number of carbonyl (C=O) groups excluding carboxylic acids is 1. The maximum Gasteiger partial charge on any atom is 0.253 e. The summed E-state index contributed by atoms with van der Waals surface area (Å²) in [6.07, 6.45) is 5.15. The lowest BCUT2D eigenvalue weighted by Gasteiger charge is -2.21. The average molecular weight is 246 g/mol. The van der Waals surface area contributed by atoms with Crippen LogP contribution in [0, 0.1) is 12.8 Å². The average Bonchev–Trinajstić information content (AvgIpc) is 2.84. The summed E-state index contributed by atoms with van der Waals surface area (Å²) in [4.78, 5) is 14.1. The van der Waals surface area contributed by atoms with Crippen LogP contribution in [0.1, 0.15) is 41.6 Å². The van der Waals surface area contributed by atoms with Crippen LogP contribution in [0.2, 0.25) is 0 Å². The monoisotopic (exact) mass is 246 g/mol. The van der Waals surface area contributed by atoms with Crippen molar-refractivity contribution >= 4 is 11.6 Å². The smallest absolute Gasteiger partial charge is 0.253 e. The first-order valence-electron chi connectivity index (χ1n) is 6.69. The molecular weight excluding hydrogens is 224 g/mol. The van der Waals surface area contributed by atoms with Crippen molar-refractivity contribution < 1.29 is 4.79 Å². The highest BCUT2D eigenvalue weighted by molar-refractivity contribution is 5.94. The number of carbonyl (C=O) groups is 1. The molecule has 2 rings (SSSR count). The van der Waals surface area contributed by atoms with Gasteiger partial charge in [-0.25, -0.2) is 0 Å². The van der Waals surface area contributed by atoms with Crippen LogP contribution in [0.4, 0.5) is 5.69 Å². The number of benzene rings is 1. The molecule has 0 spiro atoms. The quantitative estimate of drug-likeness (QED) is 0.834. The molecular formula is C15H22N2O. The number of hydrogen-bond acceptors (Lipinski definition) is 2. The van der Waals surface area contributed by atoms with E-state index in [2.05, 4.69) is 0 Å². The van der Waals surface area contributed by atoms with E-state index in [1.807, 2.05) is 37.1 Å². The summed E-state index contributed by atoms with van der Waals surface area (Å²) in [7, 11) is 1.90. The van der Waals surface area contributed by atoms with Crippen LogP contribution in [0.5, 0.6) is 0 Å². The minimum Gasteiger partial charge on any atom is -0.399 e. The number of nitrogen functional groups attached to an aromatic ring is 1. The molecule has 1 aromatic rings. The van der Waals surface area contributed by atoms with Crippen LogP contribution >= 0.6 is 0 Å². The zero-order valence-electron chi connectivity index (χ0n) is 11.3. The Morgan fingerprint density at radius 3 is 2.67 bits per heavy atom. The molecule has 3 heteroatoms. The summed E-state index contributed by atoms with van der Waals surface area (Å²) < 4.78 is 0. The molecule has 1 aromatic carbocycles. The van der Waals surface area contributed by atoms with Gasteiger partial charge in [0.25, 0.3) is 5.91 Å². The minimum atomic E-state index is 0.102. The number of hydrogen-bond donors (Lipinski definition) is 1. The molecule has 0 aromatic heterocycles. The molecule has 1 amide bonds. The Hall–Kier alpha value is -1.51. The van der Waals surface area contributed by atoms with E-state index in [0.717, 1.165) is 23.4 Å². The van der Waals surface area contributed by atoms with Crippen LogP contribution in [0.3, 0.4) is 0 Å². The normalized spacial score (nSPS) is 15.9. The Balaban J connectivity index is 2.02. The Bertz CT molecular complexity index is 436. The third kappa shape index (κ3) is 2.84. The molecule has 0 unspecified atom stereocenters. The number of aryl methyl sites for hydroxylation is 1. The summed E-state index contributed by atoms with van der Waals surface area (Å²) in [5, 5.41) is 0. The predicted octanol–water partition coefficient (Wildman–Crippen LogP) is 2.84. The van der Waals surface area contributed by atoms with Crippen molar-refractivity contribution in [3.05, 3.63) is 29.3 Å². The second-order valence-corrected chi connectivity index (χ2v) is 5.41. The van der Waals surface area contributed by atoms with Gasteiger partial charge in [-0.15, -0.1) is 0 Å². The summed E-state index contributed by atoms with van der Waals surface area (Å²) in [6, 6.07) is 5.50. The van der Waals surface area contributed by atoms with Gasteiger partial charge < -0.3 is 10.6 Å². The minimum absolute atomic E-state index is 0.102. The van der Waals surface area contributed by atoms with Crippen molar-refractivity contribution in [1.29, 1.82) is 0 Å². The first-order valence-corrected chi connectivity index (χ1v) is 6.69. The van der Waals surface area contributed by atoms with E-state index in [1.165, 1.54) is 25.7 Å². The number of nitrogens with zero attached hydrogens (tertiary/aromatic N) is 1. The molecule has 1 aliphatic rings. The zero-order chi connectivity index (χ0) is 13.1. The lowest BCUT2D eigenvalue weighted by atomic mass is 10.1. The number of amides is 1. The molecule has 18 heavy (non-hydrogen) atoms. The third-order valence-corrected chi connectivity index (χ3v) is 3.87. The van der Waals surface area contributed by atoms with Crippen molar-refractivity contribution in [2.24, 2.45) is 5.92 Å². The van der Waals surface area contributed by atoms with E-state index in [0.29, 0.717) is 5.92 Å². The zero-order valence-corrected chi connectivity index (χ0v) is 11.3. The number of anilines is 1. The Morgan fingerprint density at radius 2 is 2.06 bits per heavy atom. The van der Waals surface area contributed by atoms with Crippen molar-refractivity contribution in [2.45, 2.75) is 32.6 Å². The summed E-state index contributed by atoms with van der Waals surface area (Å²) in [5.41, 5.74) is 8.22. The maximum atomic E-state index is 12.3. The SMILES string of the molecule is Cc1cc(C(=O)N(C)CC2CCCC2)ccc1N. The van der Waals surface area contributed by atoms with Gasteiger partial charge in [0.1, 0.15) is 0 Å². The molecule has 98 valence electrons. The van der Waals surface area contributed by atoms with Crippen LogP contribution in [-0.2, 0) is 0 Å². The van der Waals surface area contributed by atoms with E-state index in [1.54, 1.807) is 0 Å². The van der Waals surface area contributed by atoms with Crippen molar-refractivity contribution in [1.82, 2.24) is 4.90 Å². The summed E-state index contributed by atoms with van der Waals surface area (Å²) >= 11 is 0. The Kier molecular flexibility index (Phi) is 3.90. The van der Waals surface area contributed by atoms with Crippen LogP contribution in [0.15, 0.2) is 18.2 Å². The van der Waals surface area contributed by atoms with Gasteiger partial charge in [0, 0.05) is 24.8 Å². The van der Waals surface area contributed by atoms with Crippen molar-refractivity contribution in [3.8, 4) is 0 Å². The van der Waals surface area contributed by atoms with E-state index < -0.39 is 0 Å². The lowest BCUT2D eigenvalue weighted by Crippen LogP contribution is -2.31. The van der Waals surface area contributed by atoms with Gasteiger partial charge in [0.05, 0.1) is 0 Å². The number of nitrogens with two attached hydrogens (primary N) is 1. The van der Waals surface area contributed by atoms with E-state index in [9.17, 15) is 4.79 Å². The molecule has 0 atom stereocenters. The van der Waals surface area contributed by atoms with Crippen LogP contribution in [0.25, 0.3) is 0 Å². The van der Waals surface area contributed by atoms with E-state index >= 15 is 0 Å². The van der Waals surface area contributed by atoms with Crippen molar-refractivity contribution in [3.63, 3.8) is 0 Å². The summed E-state index contributed by atoms with van der Waals surface area (Å²) in [6.45, 7) is 2.81. The fourth-order valence-electron chi connectivity index (χ4n) is 2.69. The van der Waals surface area contributed by atoms with Crippen LogP contribution < -0.4 is 5.73 Å². The highest BCUT2D eigenvalue weighted by Crippen LogP contribution is 2.25. The largest absolute Gasteiger partial charge is 0.399 e. The van der Waals surface area contributed by atoms with Gasteiger partial charge in [-0.1, -0.05) is 12.8 Å². The molecule has 1 fully saturated rings. The lowest BCUT2D eigenvalue weighted by molar-refractivity contribution is 0.0773. The standard InChI is InChI=1S/C15H22N2O/c1-11-9-13(7-8-14(11)16)15(18)17(2)10-12-5-3-4-6-12/h7-9,12H,3-6,10,16H2,1-2H3. The Labute approximate surface area is 109 Å².